The summed E-state index contributed by atoms with van der Waals surface area (Å²) in [4.78, 5) is 19.9. The summed E-state index contributed by atoms with van der Waals surface area (Å²) in [5.41, 5.74) is 1.05. The Kier molecular flexibility index (Phi) is 7.24. The largest absolute Gasteiger partial charge is 0.494 e. The Morgan fingerprint density at radius 2 is 1.79 bits per heavy atom. The summed E-state index contributed by atoms with van der Waals surface area (Å²) in [6.45, 7) is 0.831. The lowest BCUT2D eigenvalue weighted by Gasteiger charge is -2.14. The van der Waals surface area contributed by atoms with E-state index in [9.17, 15) is 15.1 Å². The molecule has 172 valence electrons. The van der Waals surface area contributed by atoms with Crippen LogP contribution >= 0.6 is 11.6 Å². The number of hydrogen-bond acceptors (Lipinski definition) is 7. The molecule has 2 N–H and O–H groups in total. The molecule has 0 spiro atoms. The van der Waals surface area contributed by atoms with Crippen LogP contribution in [0.3, 0.4) is 0 Å². The number of ether oxygens (including phenoxy) is 1. The maximum Gasteiger partial charge on any atom is 0.202 e. The molecule has 1 aliphatic heterocycles. The minimum absolute atomic E-state index is 0.0514. The summed E-state index contributed by atoms with van der Waals surface area (Å²) in [7, 11) is 0. The molecule has 2 atom stereocenters. The van der Waals surface area contributed by atoms with Crippen LogP contribution in [-0.4, -0.2) is 44.9 Å². The van der Waals surface area contributed by atoms with Gasteiger partial charge in [-0.15, -0.1) is 4.91 Å². The zero-order valence-electron chi connectivity index (χ0n) is 18.0. The second-order valence-electron chi connectivity index (χ2n) is 7.82. The number of aromatic hydroxyl groups is 2. The summed E-state index contributed by atoms with van der Waals surface area (Å²) < 4.78 is 7.27. The van der Waals surface area contributed by atoms with Gasteiger partial charge < -0.3 is 14.9 Å². The molecule has 0 radical (unpaired) electrons. The van der Waals surface area contributed by atoms with Crippen LogP contribution in [0.25, 0.3) is 10.8 Å². The van der Waals surface area contributed by atoms with Gasteiger partial charge in [0.15, 0.2) is 6.04 Å². The highest BCUT2D eigenvalue weighted by Gasteiger charge is 2.18. The van der Waals surface area contributed by atoms with Crippen molar-refractivity contribution in [2.45, 2.75) is 43.8 Å². The first-order chi connectivity index (χ1) is 16.1. The highest BCUT2D eigenvalue weighted by molar-refractivity contribution is 6.21. The van der Waals surface area contributed by atoms with Gasteiger partial charge in [-0.05, 0) is 62.1 Å². The van der Waals surface area contributed by atoms with Gasteiger partial charge in [0.05, 0.1) is 18.0 Å². The van der Waals surface area contributed by atoms with E-state index in [-0.39, 0.29) is 17.3 Å². The number of benzene rings is 2. The molecule has 1 aliphatic rings. The Balaban J connectivity index is 1.34. The predicted molar refractivity (Wildman–Crippen MR) is 130 cm³/mol. The molecule has 0 saturated carbocycles. The number of alkyl halides is 1. The Labute approximate surface area is 196 Å². The van der Waals surface area contributed by atoms with Crippen LogP contribution in [0.15, 0.2) is 63.7 Å². The number of halogens is 1. The monoisotopic (exact) mass is 468 g/mol. The normalized spacial score (nSPS) is 20.0. The second kappa shape index (κ2) is 10.5. The number of aliphatic imine (C=N–C) groups is 2. The van der Waals surface area contributed by atoms with E-state index in [1.54, 1.807) is 12.1 Å². The fraction of sp³-hybridized carbons (Fsp3) is 0.333. The SMILES string of the molecule is O=NC1C=NC(Cl)CCCC1=Nc1ccc(OCCCn2c(O)c3ccccc3c2O)cc1. The van der Waals surface area contributed by atoms with E-state index in [1.807, 2.05) is 36.4 Å². The van der Waals surface area contributed by atoms with E-state index in [4.69, 9.17) is 16.3 Å². The molecule has 2 heterocycles. The number of fused-ring (bicyclic) bond motifs is 1. The van der Waals surface area contributed by atoms with Crippen LogP contribution in [0.4, 0.5) is 5.69 Å². The summed E-state index contributed by atoms with van der Waals surface area (Å²) >= 11 is 6.04. The smallest absolute Gasteiger partial charge is 0.202 e. The van der Waals surface area contributed by atoms with Crippen LogP contribution in [0.2, 0.25) is 0 Å². The molecule has 0 amide bonds. The van der Waals surface area contributed by atoms with E-state index in [0.29, 0.717) is 53.9 Å². The lowest BCUT2D eigenvalue weighted by atomic mass is 10.0. The molecule has 8 nitrogen and oxygen atoms in total. The molecule has 0 saturated heterocycles. The van der Waals surface area contributed by atoms with E-state index in [2.05, 4.69) is 15.2 Å². The Morgan fingerprint density at radius 3 is 2.45 bits per heavy atom. The van der Waals surface area contributed by atoms with Gasteiger partial charge in [-0.25, -0.2) is 0 Å². The topological polar surface area (TPSA) is 109 Å². The molecule has 2 aromatic carbocycles. The molecule has 3 aromatic rings. The number of rotatable bonds is 7. The maximum atomic E-state index is 11.2. The molecule has 4 rings (SSSR count). The Bertz CT molecular complexity index is 1130. The molecule has 2 unspecified atom stereocenters. The van der Waals surface area contributed by atoms with Gasteiger partial charge >= 0.3 is 0 Å². The van der Waals surface area contributed by atoms with Crippen molar-refractivity contribution in [1.29, 1.82) is 0 Å². The molecular weight excluding hydrogens is 444 g/mol. The average molecular weight is 469 g/mol. The van der Waals surface area contributed by atoms with E-state index in [1.165, 1.54) is 10.8 Å². The first kappa shape index (κ1) is 22.8. The zero-order valence-corrected chi connectivity index (χ0v) is 18.7. The van der Waals surface area contributed by atoms with Crippen LogP contribution < -0.4 is 4.74 Å². The summed E-state index contributed by atoms with van der Waals surface area (Å²) in [6.07, 6.45) is 4.23. The molecule has 0 fully saturated rings. The lowest BCUT2D eigenvalue weighted by molar-refractivity contribution is 0.290. The number of nitroso groups, excluding NO2 is 1. The van der Waals surface area contributed by atoms with Gasteiger partial charge in [0, 0.05) is 23.5 Å². The molecule has 9 heteroatoms. The van der Waals surface area contributed by atoms with Gasteiger partial charge in [-0.3, -0.25) is 14.6 Å². The molecule has 0 aliphatic carbocycles. The minimum atomic E-state index is -0.708. The van der Waals surface area contributed by atoms with Gasteiger partial charge in [0.2, 0.25) is 11.8 Å². The zero-order chi connectivity index (χ0) is 23.2. The van der Waals surface area contributed by atoms with Crippen molar-refractivity contribution < 1.29 is 14.9 Å². The fourth-order valence-electron chi connectivity index (χ4n) is 3.82. The third-order valence-corrected chi connectivity index (χ3v) is 5.87. The summed E-state index contributed by atoms with van der Waals surface area (Å²) in [5, 5.41) is 25.1. The number of hydrogen-bond donors (Lipinski definition) is 2. The third kappa shape index (κ3) is 5.34. The molecule has 1 aromatic heterocycles. The first-order valence-corrected chi connectivity index (χ1v) is 11.3. The van der Waals surface area contributed by atoms with Crippen molar-refractivity contribution in [2.24, 2.45) is 15.2 Å². The quantitative estimate of drug-likeness (QED) is 0.205. The number of nitrogens with zero attached hydrogens (tertiary/aromatic N) is 4. The van der Waals surface area contributed by atoms with Crippen LogP contribution in [0.1, 0.15) is 25.7 Å². The third-order valence-electron chi connectivity index (χ3n) is 5.54. The van der Waals surface area contributed by atoms with Crippen LogP contribution in [0, 0.1) is 4.91 Å². The van der Waals surface area contributed by atoms with Crippen molar-refractivity contribution in [3.8, 4) is 17.5 Å². The van der Waals surface area contributed by atoms with Crippen molar-refractivity contribution in [2.75, 3.05) is 6.61 Å². The van der Waals surface area contributed by atoms with Gasteiger partial charge in [0.25, 0.3) is 0 Å². The van der Waals surface area contributed by atoms with Crippen molar-refractivity contribution in [1.82, 2.24) is 4.57 Å². The Hall–Kier alpha value is -3.39. The summed E-state index contributed by atoms with van der Waals surface area (Å²) in [5.74, 6) is 0.783. The van der Waals surface area contributed by atoms with Gasteiger partial charge in [0.1, 0.15) is 11.3 Å². The van der Waals surface area contributed by atoms with Crippen molar-refractivity contribution in [3.05, 3.63) is 53.4 Å². The van der Waals surface area contributed by atoms with Gasteiger partial charge in [-0.1, -0.05) is 28.9 Å². The summed E-state index contributed by atoms with van der Waals surface area (Å²) in [6, 6.07) is 13.7. The standard InChI is InChI=1S/C24H25ClN4O4/c25-22-8-3-7-20(21(28-32)15-26-22)27-16-9-11-17(12-10-16)33-14-4-13-29-23(30)18-5-1-2-6-19(18)24(29)31/h1-2,5-6,9-12,15,21-22,30-31H,3-4,7-8,13-14H2. The predicted octanol–water partition coefficient (Wildman–Crippen LogP) is 5.55. The van der Waals surface area contributed by atoms with Gasteiger partial charge in [-0.2, -0.15) is 0 Å². The lowest BCUT2D eigenvalue weighted by Crippen LogP contribution is -2.22. The average Bonchev–Trinajstić information content (AvgIpc) is 3.06. The van der Waals surface area contributed by atoms with Crippen molar-refractivity contribution in [3.63, 3.8) is 0 Å². The van der Waals surface area contributed by atoms with E-state index < -0.39 is 6.04 Å². The van der Waals surface area contributed by atoms with E-state index >= 15 is 0 Å². The maximum absolute atomic E-state index is 11.2. The molecular formula is C24H25ClN4O4. The first-order valence-electron chi connectivity index (χ1n) is 10.9. The van der Waals surface area contributed by atoms with E-state index in [0.717, 1.165) is 12.8 Å². The second-order valence-corrected chi connectivity index (χ2v) is 8.32. The van der Waals surface area contributed by atoms with Crippen LogP contribution in [0.5, 0.6) is 17.5 Å². The number of aromatic nitrogens is 1. The molecule has 0 bridgehead atoms. The highest BCUT2D eigenvalue weighted by Crippen LogP contribution is 2.36. The van der Waals surface area contributed by atoms with Crippen LogP contribution in [-0.2, 0) is 6.54 Å². The fourth-order valence-corrected chi connectivity index (χ4v) is 4.04. The molecule has 33 heavy (non-hydrogen) atoms. The van der Waals surface area contributed by atoms with Crippen molar-refractivity contribution >= 4 is 40.0 Å². The highest BCUT2D eigenvalue weighted by atomic mass is 35.5. The Morgan fingerprint density at radius 1 is 1.09 bits per heavy atom. The minimum Gasteiger partial charge on any atom is -0.494 e.